The highest BCUT2D eigenvalue weighted by Crippen LogP contribution is 2.35. The summed E-state index contributed by atoms with van der Waals surface area (Å²) >= 11 is 2.09. The Morgan fingerprint density at radius 1 is 1.04 bits per heavy atom. The number of amides is 3. The molecule has 0 fully saturated rings. The van der Waals surface area contributed by atoms with Gasteiger partial charge in [0.05, 0.1) is 42.2 Å². The second-order valence-corrected chi connectivity index (χ2v) is 10.9. The summed E-state index contributed by atoms with van der Waals surface area (Å²) in [6.45, 7) is 3.26. The number of allylic oxidation sites excluding steroid dienone is 1. The lowest BCUT2D eigenvalue weighted by molar-refractivity contribution is -0.139. The summed E-state index contributed by atoms with van der Waals surface area (Å²) in [4.78, 5) is 37.3. The zero-order valence-corrected chi connectivity index (χ0v) is 27.6. The summed E-state index contributed by atoms with van der Waals surface area (Å²) in [5.41, 5.74) is 4.90. The van der Waals surface area contributed by atoms with Gasteiger partial charge in [0.2, 0.25) is 0 Å². The second-order valence-electron chi connectivity index (χ2n) is 9.74. The van der Waals surface area contributed by atoms with Crippen LogP contribution in [0.1, 0.15) is 36.6 Å². The number of ether oxygens (including phenoxy) is 5. The lowest BCUT2D eigenvalue weighted by Crippen LogP contribution is -2.45. The number of carbonyl (C=O) groups is 3. The van der Waals surface area contributed by atoms with Crippen LogP contribution in [0.4, 0.5) is 9.18 Å². The summed E-state index contributed by atoms with van der Waals surface area (Å²) in [6.07, 6.45) is 1.44. The molecule has 3 amide bonds. The van der Waals surface area contributed by atoms with Gasteiger partial charge in [-0.25, -0.2) is 19.4 Å². The van der Waals surface area contributed by atoms with Crippen LogP contribution in [0.2, 0.25) is 0 Å². The normalized spacial score (nSPS) is 14.3. The predicted molar refractivity (Wildman–Crippen MR) is 174 cm³/mol. The molecule has 0 bridgehead atoms. The lowest BCUT2D eigenvalue weighted by atomic mass is 9.95. The van der Waals surface area contributed by atoms with Crippen LogP contribution in [-0.2, 0) is 20.9 Å². The van der Waals surface area contributed by atoms with Gasteiger partial charge in [0.1, 0.15) is 12.4 Å². The summed E-state index contributed by atoms with van der Waals surface area (Å²) in [7, 11) is 2.93. The standard InChI is InChI=1S/C32H32FIN4O8/c1-5-44-31(40)28-18(2)36-32(41)37-29(28)21-9-10-24(25(14-21)42-3)45-17-27(39)38-35-15-20-12-23(34)30(26(13-20)43-4)46-16-19-7-6-8-22(33)11-19/h6-15,29H,5,16-17H2,1-4H3,(H,38,39)(H2,36,37,41)/b35-15-/t29-/m1/s1. The van der Waals surface area contributed by atoms with E-state index in [0.29, 0.717) is 33.9 Å². The van der Waals surface area contributed by atoms with Crippen molar-refractivity contribution in [3.05, 3.63) is 91.9 Å². The molecule has 14 heteroatoms. The molecule has 0 saturated heterocycles. The fraction of sp³-hybridized carbons (Fsp3) is 0.250. The van der Waals surface area contributed by atoms with Crippen molar-refractivity contribution in [3.63, 3.8) is 0 Å². The van der Waals surface area contributed by atoms with Crippen molar-refractivity contribution in [1.29, 1.82) is 0 Å². The van der Waals surface area contributed by atoms with Crippen LogP contribution in [-0.4, -0.2) is 51.6 Å². The number of benzene rings is 3. The van der Waals surface area contributed by atoms with E-state index in [-0.39, 0.29) is 42.7 Å². The zero-order chi connectivity index (χ0) is 33.2. The molecule has 0 unspecified atom stereocenters. The molecule has 0 saturated carbocycles. The van der Waals surface area contributed by atoms with Gasteiger partial charge in [0, 0.05) is 5.70 Å². The SMILES string of the molecule is CCOC(=O)C1=C(C)NC(=O)N[C@@H]1c1ccc(OCC(=O)N/N=C\c2cc(I)c(OCc3cccc(F)c3)c(OC)c2)c(OC)c1. The van der Waals surface area contributed by atoms with Gasteiger partial charge in [-0.05, 0) is 89.5 Å². The molecule has 3 aromatic rings. The van der Waals surface area contributed by atoms with E-state index in [0.717, 1.165) is 3.57 Å². The number of rotatable bonds is 13. The highest BCUT2D eigenvalue weighted by atomic mass is 127. The molecule has 3 N–H and O–H groups in total. The van der Waals surface area contributed by atoms with Crippen LogP contribution in [0, 0.1) is 9.39 Å². The van der Waals surface area contributed by atoms with Gasteiger partial charge in [-0.2, -0.15) is 5.10 Å². The van der Waals surface area contributed by atoms with E-state index in [2.05, 4.69) is 43.8 Å². The van der Waals surface area contributed by atoms with E-state index in [1.807, 2.05) is 0 Å². The van der Waals surface area contributed by atoms with Crippen molar-refractivity contribution in [3.8, 4) is 23.0 Å². The number of halogens is 2. The summed E-state index contributed by atoms with van der Waals surface area (Å²) in [6, 6.07) is 13.2. The van der Waals surface area contributed by atoms with E-state index < -0.39 is 23.9 Å². The number of hydrazone groups is 1. The third kappa shape index (κ3) is 8.65. The van der Waals surface area contributed by atoms with Gasteiger partial charge in [0.25, 0.3) is 5.91 Å². The van der Waals surface area contributed by atoms with Crippen LogP contribution in [0.5, 0.6) is 23.0 Å². The molecule has 1 aliphatic heterocycles. The van der Waals surface area contributed by atoms with E-state index >= 15 is 0 Å². The Morgan fingerprint density at radius 2 is 1.83 bits per heavy atom. The number of hydrogen-bond donors (Lipinski definition) is 3. The number of hydrogen-bond acceptors (Lipinski definition) is 9. The van der Waals surface area contributed by atoms with Crippen molar-refractivity contribution < 1.29 is 42.5 Å². The molecule has 0 aromatic heterocycles. The summed E-state index contributed by atoms with van der Waals surface area (Å²) in [5, 5.41) is 9.31. The molecule has 3 aromatic carbocycles. The van der Waals surface area contributed by atoms with Crippen molar-refractivity contribution in [1.82, 2.24) is 16.1 Å². The third-order valence-corrected chi connectivity index (χ3v) is 7.37. The largest absolute Gasteiger partial charge is 0.493 e. The number of carbonyl (C=O) groups excluding carboxylic acids is 3. The molecule has 12 nitrogen and oxygen atoms in total. The van der Waals surface area contributed by atoms with Crippen LogP contribution in [0.3, 0.4) is 0 Å². The minimum atomic E-state index is -0.788. The van der Waals surface area contributed by atoms with E-state index in [1.54, 1.807) is 56.3 Å². The maximum atomic E-state index is 13.5. The van der Waals surface area contributed by atoms with Crippen LogP contribution in [0.15, 0.2) is 71.0 Å². The zero-order valence-electron chi connectivity index (χ0n) is 25.4. The van der Waals surface area contributed by atoms with Gasteiger partial charge < -0.3 is 34.3 Å². The fourth-order valence-corrected chi connectivity index (χ4v) is 5.28. The topological polar surface area (TPSA) is 146 Å². The van der Waals surface area contributed by atoms with Crippen molar-refractivity contribution in [2.24, 2.45) is 5.10 Å². The summed E-state index contributed by atoms with van der Waals surface area (Å²) in [5.74, 6) is 0.0364. The first-order chi connectivity index (χ1) is 22.1. The van der Waals surface area contributed by atoms with E-state index in [9.17, 15) is 18.8 Å². The third-order valence-electron chi connectivity index (χ3n) is 6.57. The first kappa shape index (κ1) is 34.0. The van der Waals surface area contributed by atoms with Crippen molar-refractivity contribution in [2.75, 3.05) is 27.4 Å². The average molecular weight is 747 g/mol. The second kappa shape index (κ2) is 15.9. The van der Waals surface area contributed by atoms with E-state index in [4.69, 9.17) is 23.7 Å². The minimum absolute atomic E-state index is 0.154. The Morgan fingerprint density at radius 3 is 2.54 bits per heavy atom. The van der Waals surface area contributed by atoms with E-state index in [1.165, 1.54) is 32.6 Å². The smallest absolute Gasteiger partial charge is 0.338 e. The van der Waals surface area contributed by atoms with Gasteiger partial charge >= 0.3 is 12.0 Å². The Labute approximate surface area is 278 Å². The Bertz CT molecular complexity index is 1680. The molecule has 1 atom stereocenters. The highest BCUT2D eigenvalue weighted by molar-refractivity contribution is 14.1. The first-order valence-corrected chi connectivity index (χ1v) is 15.0. The maximum absolute atomic E-state index is 13.5. The van der Waals surface area contributed by atoms with Gasteiger partial charge in [-0.1, -0.05) is 18.2 Å². The number of nitrogens with zero attached hydrogens (tertiary/aromatic N) is 1. The average Bonchev–Trinajstić information content (AvgIpc) is 3.02. The molecule has 0 aliphatic carbocycles. The molecular weight excluding hydrogens is 714 g/mol. The van der Waals surface area contributed by atoms with Crippen molar-refractivity contribution in [2.45, 2.75) is 26.5 Å². The number of urea groups is 1. The Kier molecular flexibility index (Phi) is 11.8. The van der Waals surface area contributed by atoms with Crippen LogP contribution >= 0.6 is 22.6 Å². The molecule has 0 spiro atoms. The quantitative estimate of drug-likeness (QED) is 0.0985. The molecule has 1 aliphatic rings. The lowest BCUT2D eigenvalue weighted by Gasteiger charge is -2.28. The highest BCUT2D eigenvalue weighted by Gasteiger charge is 2.32. The molecule has 46 heavy (non-hydrogen) atoms. The fourth-order valence-electron chi connectivity index (χ4n) is 4.50. The molecule has 0 radical (unpaired) electrons. The van der Waals surface area contributed by atoms with Crippen LogP contribution in [0.25, 0.3) is 0 Å². The minimum Gasteiger partial charge on any atom is -0.493 e. The number of nitrogens with one attached hydrogen (secondary N) is 3. The first-order valence-electron chi connectivity index (χ1n) is 14.0. The van der Waals surface area contributed by atoms with Gasteiger partial charge in [0.15, 0.2) is 29.6 Å². The number of esters is 1. The predicted octanol–water partition coefficient (Wildman–Crippen LogP) is 4.75. The molecular formula is C32H32FIN4O8. The Balaban J connectivity index is 1.37. The molecule has 4 rings (SSSR count). The number of methoxy groups -OCH3 is 2. The summed E-state index contributed by atoms with van der Waals surface area (Å²) < 4.78 is 41.9. The maximum Gasteiger partial charge on any atom is 0.338 e. The van der Waals surface area contributed by atoms with Gasteiger partial charge in [-0.15, -0.1) is 0 Å². The molecule has 1 heterocycles. The van der Waals surface area contributed by atoms with Crippen LogP contribution < -0.4 is 35.0 Å². The molecule has 242 valence electrons. The Hall–Kier alpha value is -4.86. The monoisotopic (exact) mass is 746 g/mol. The van der Waals surface area contributed by atoms with Gasteiger partial charge in [-0.3, -0.25) is 4.79 Å². The van der Waals surface area contributed by atoms with Crippen molar-refractivity contribution >= 4 is 46.7 Å².